The molecule has 0 unspecified atom stereocenters. The maximum absolute atomic E-state index is 8.92. The Kier molecular flexibility index (Phi) is 6.74. The minimum atomic E-state index is 0.191. The van der Waals surface area contributed by atoms with Crippen LogP contribution in [0.2, 0.25) is 0 Å². The molecule has 0 fully saturated rings. The predicted molar refractivity (Wildman–Crippen MR) is 73.6 cm³/mol. The molecule has 1 aromatic rings. The molecule has 1 N–H and O–H groups in total. The lowest BCUT2D eigenvalue weighted by Gasteiger charge is -2.18. The van der Waals surface area contributed by atoms with Crippen molar-refractivity contribution in [1.29, 1.82) is 5.26 Å². The first-order valence-electron chi connectivity index (χ1n) is 5.98. The third-order valence-electron chi connectivity index (χ3n) is 2.43. The van der Waals surface area contributed by atoms with Crippen molar-refractivity contribution in [3.05, 3.63) is 47.2 Å². The topological polar surface area (TPSA) is 35.8 Å². The average Bonchev–Trinajstić information content (AvgIpc) is 2.31. The molecule has 2 heteroatoms. The van der Waals surface area contributed by atoms with Gasteiger partial charge in [0.05, 0.1) is 11.6 Å². The van der Waals surface area contributed by atoms with Gasteiger partial charge in [-0.1, -0.05) is 32.6 Å². The number of allylic oxidation sites excluding steroid dienone is 1. The molecule has 1 rings (SSSR count). The molecule has 1 atom stereocenters. The molecular weight excluding hydrogens is 208 g/mol. The molecule has 17 heavy (non-hydrogen) atoms. The zero-order valence-electron chi connectivity index (χ0n) is 11.5. The van der Waals surface area contributed by atoms with Crippen molar-refractivity contribution in [3.63, 3.8) is 0 Å². The van der Waals surface area contributed by atoms with Gasteiger partial charge in [0.1, 0.15) is 0 Å². The van der Waals surface area contributed by atoms with Crippen LogP contribution in [0, 0.1) is 18.3 Å². The van der Waals surface area contributed by atoms with E-state index in [-0.39, 0.29) is 6.04 Å². The van der Waals surface area contributed by atoms with Crippen LogP contribution in [0.4, 0.5) is 0 Å². The van der Waals surface area contributed by atoms with E-state index in [0.717, 1.165) is 22.4 Å². The van der Waals surface area contributed by atoms with Crippen LogP contribution < -0.4 is 5.32 Å². The standard InChI is InChI=1S/C13H16N2.C2H6/c1-9(2)15-11(4)13-7-5-6-12(8-14)10(13)3;1-2/h5-7,11,15H,1H2,2-4H3;1-2H3/t11-;/m1./s1. The molecule has 92 valence electrons. The first-order chi connectivity index (χ1) is 8.06. The lowest BCUT2D eigenvalue weighted by atomic mass is 9.98. The number of benzene rings is 1. The van der Waals surface area contributed by atoms with E-state index in [2.05, 4.69) is 24.9 Å². The van der Waals surface area contributed by atoms with E-state index in [0.29, 0.717) is 0 Å². The molecule has 0 heterocycles. The Morgan fingerprint density at radius 1 is 1.41 bits per heavy atom. The van der Waals surface area contributed by atoms with Gasteiger partial charge in [-0.05, 0) is 38.0 Å². The number of hydrogen-bond donors (Lipinski definition) is 1. The fraction of sp³-hybridized carbons (Fsp3) is 0.400. The molecule has 0 radical (unpaired) electrons. The highest BCUT2D eigenvalue weighted by molar-refractivity contribution is 5.43. The van der Waals surface area contributed by atoms with Crippen LogP contribution in [0.3, 0.4) is 0 Å². The van der Waals surface area contributed by atoms with Crippen LogP contribution in [0.15, 0.2) is 30.5 Å². The molecular formula is C15H22N2. The van der Waals surface area contributed by atoms with Gasteiger partial charge >= 0.3 is 0 Å². The Labute approximate surface area is 105 Å². The number of nitrogens with zero attached hydrogens (tertiary/aromatic N) is 1. The highest BCUT2D eigenvalue weighted by atomic mass is 14.9. The Balaban J connectivity index is 0.00000121. The second-order valence-corrected chi connectivity index (χ2v) is 3.78. The molecule has 0 saturated carbocycles. The fourth-order valence-electron chi connectivity index (χ4n) is 1.69. The van der Waals surface area contributed by atoms with Gasteiger partial charge in [0.15, 0.2) is 0 Å². The summed E-state index contributed by atoms with van der Waals surface area (Å²) in [5, 5.41) is 12.2. The van der Waals surface area contributed by atoms with Crippen LogP contribution >= 0.6 is 0 Å². The van der Waals surface area contributed by atoms with Gasteiger partial charge in [-0.15, -0.1) is 0 Å². The molecule has 0 aliphatic carbocycles. The van der Waals surface area contributed by atoms with Crippen LogP contribution in [0.25, 0.3) is 0 Å². The monoisotopic (exact) mass is 230 g/mol. The first-order valence-corrected chi connectivity index (χ1v) is 5.98. The normalized spacial score (nSPS) is 10.6. The highest BCUT2D eigenvalue weighted by Crippen LogP contribution is 2.20. The Morgan fingerprint density at radius 2 is 2.00 bits per heavy atom. The maximum Gasteiger partial charge on any atom is 0.0994 e. The minimum Gasteiger partial charge on any atom is -0.383 e. The second kappa shape index (κ2) is 7.51. The van der Waals surface area contributed by atoms with Crippen molar-refractivity contribution in [1.82, 2.24) is 5.32 Å². The van der Waals surface area contributed by atoms with Crippen molar-refractivity contribution < 1.29 is 0 Å². The van der Waals surface area contributed by atoms with E-state index in [9.17, 15) is 0 Å². The summed E-state index contributed by atoms with van der Waals surface area (Å²) in [6.45, 7) is 13.8. The molecule has 0 bridgehead atoms. The Hall–Kier alpha value is -1.75. The van der Waals surface area contributed by atoms with E-state index in [1.54, 1.807) is 0 Å². The van der Waals surface area contributed by atoms with Crippen LogP contribution in [0.1, 0.15) is 50.4 Å². The number of rotatable bonds is 3. The largest absolute Gasteiger partial charge is 0.383 e. The molecule has 0 spiro atoms. The van der Waals surface area contributed by atoms with E-state index in [1.165, 1.54) is 0 Å². The molecule has 0 saturated heterocycles. The fourth-order valence-corrected chi connectivity index (χ4v) is 1.69. The van der Waals surface area contributed by atoms with Crippen LogP contribution in [-0.2, 0) is 0 Å². The average molecular weight is 230 g/mol. The number of nitriles is 1. The summed E-state index contributed by atoms with van der Waals surface area (Å²) in [4.78, 5) is 0. The number of nitrogens with one attached hydrogen (secondary N) is 1. The predicted octanol–water partition coefficient (Wildman–Crippen LogP) is 4.08. The Morgan fingerprint density at radius 3 is 2.47 bits per heavy atom. The van der Waals surface area contributed by atoms with Gasteiger partial charge in [0, 0.05) is 11.7 Å². The molecule has 0 aliphatic heterocycles. The second-order valence-electron chi connectivity index (χ2n) is 3.78. The zero-order chi connectivity index (χ0) is 13.4. The van der Waals surface area contributed by atoms with E-state index >= 15 is 0 Å². The lowest BCUT2D eigenvalue weighted by Crippen LogP contribution is -2.16. The number of hydrogen-bond acceptors (Lipinski definition) is 2. The Bertz CT molecular complexity index is 413. The van der Waals surface area contributed by atoms with Crippen LogP contribution in [-0.4, -0.2) is 0 Å². The molecule has 0 amide bonds. The smallest absolute Gasteiger partial charge is 0.0994 e. The van der Waals surface area contributed by atoms with Gasteiger partial charge in [-0.3, -0.25) is 0 Å². The third-order valence-corrected chi connectivity index (χ3v) is 2.43. The van der Waals surface area contributed by atoms with Crippen molar-refractivity contribution >= 4 is 0 Å². The van der Waals surface area contributed by atoms with E-state index in [4.69, 9.17) is 5.26 Å². The highest BCUT2D eigenvalue weighted by Gasteiger charge is 2.09. The van der Waals surface area contributed by atoms with Crippen molar-refractivity contribution in [2.24, 2.45) is 0 Å². The summed E-state index contributed by atoms with van der Waals surface area (Å²) >= 11 is 0. The van der Waals surface area contributed by atoms with Gasteiger partial charge in [0.25, 0.3) is 0 Å². The SMILES string of the molecule is C=C(C)N[C@H](C)c1cccc(C#N)c1C.CC. The minimum absolute atomic E-state index is 0.191. The molecule has 1 aromatic carbocycles. The summed E-state index contributed by atoms with van der Waals surface area (Å²) in [6, 6.07) is 8.18. The third kappa shape index (κ3) is 4.32. The van der Waals surface area contributed by atoms with Gasteiger partial charge in [-0.25, -0.2) is 0 Å². The zero-order valence-corrected chi connectivity index (χ0v) is 11.5. The summed E-state index contributed by atoms with van der Waals surface area (Å²) in [5.74, 6) is 0. The molecule has 2 nitrogen and oxygen atoms in total. The summed E-state index contributed by atoms with van der Waals surface area (Å²) in [7, 11) is 0. The molecule has 0 aromatic heterocycles. The lowest BCUT2D eigenvalue weighted by molar-refractivity contribution is 0.652. The summed E-state index contributed by atoms with van der Waals surface area (Å²) < 4.78 is 0. The molecule has 0 aliphatic rings. The van der Waals surface area contributed by atoms with Gasteiger partial charge < -0.3 is 5.32 Å². The van der Waals surface area contributed by atoms with Crippen LogP contribution in [0.5, 0.6) is 0 Å². The van der Waals surface area contributed by atoms with E-state index in [1.807, 2.05) is 45.9 Å². The van der Waals surface area contributed by atoms with Crippen molar-refractivity contribution in [2.75, 3.05) is 0 Å². The summed E-state index contributed by atoms with van der Waals surface area (Å²) in [6.07, 6.45) is 0. The van der Waals surface area contributed by atoms with E-state index < -0.39 is 0 Å². The van der Waals surface area contributed by atoms with Crippen molar-refractivity contribution in [3.8, 4) is 6.07 Å². The summed E-state index contributed by atoms with van der Waals surface area (Å²) in [5.41, 5.74) is 3.87. The quantitative estimate of drug-likeness (QED) is 0.849. The van der Waals surface area contributed by atoms with Gasteiger partial charge in [0.2, 0.25) is 0 Å². The van der Waals surface area contributed by atoms with Crippen molar-refractivity contribution in [2.45, 2.75) is 40.7 Å². The maximum atomic E-state index is 8.92. The van der Waals surface area contributed by atoms with Gasteiger partial charge in [-0.2, -0.15) is 5.26 Å². The first kappa shape index (κ1) is 15.2.